The normalized spacial score (nSPS) is 15.5. The number of benzene rings is 2. The molecule has 0 saturated heterocycles. The molecule has 1 heterocycles. The summed E-state index contributed by atoms with van der Waals surface area (Å²) in [6, 6.07) is 17.4. The number of carbonyl (C=O) groups excluding carboxylic acids is 2. The van der Waals surface area contributed by atoms with Gasteiger partial charge < -0.3 is 20.3 Å². The molecule has 4 rings (SSSR count). The first-order chi connectivity index (χ1) is 18.5. The summed E-state index contributed by atoms with van der Waals surface area (Å²) in [5.74, 6) is -2.84. The second kappa shape index (κ2) is 11.2. The van der Waals surface area contributed by atoms with Gasteiger partial charge in [0, 0.05) is 19.4 Å². The minimum atomic E-state index is -1.02. The maximum Gasteiger partial charge on any atom is 0.309 e. The summed E-state index contributed by atoms with van der Waals surface area (Å²) in [6.07, 6.45) is 5.04. The molecule has 8 nitrogen and oxygen atoms in total. The van der Waals surface area contributed by atoms with Crippen LogP contribution in [0.3, 0.4) is 0 Å². The Morgan fingerprint density at radius 1 is 0.923 bits per heavy atom. The number of carboxylic acid groups (broad SMARTS) is 1. The van der Waals surface area contributed by atoms with Gasteiger partial charge in [-0.15, -0.1) is 0 Å². The van der Waals surface area contributed by atoms with Crippen molar-refractivity contribution in [1.82, 2.24) is 15.2 Å². The van der Waals surface area contributed by atoms with Crippen molar-refractivity contribution in [3.05, 3.63) is 72.6 Å². The van der Waals surface area contributed by atoms with Crippen molar-refractivity contribution in [2.24, 2.45) is 17.3 Å². The Labute approximate surface area is 228 Å². The molecule has 0 spiro atoms. The highest BCUT2D eigenvalue weighted by Crippen LogP contribution is 2.43. The number of amides is 2. The monoisotopic (exact) mass is 526 g/mol. The van der Waals surface area contributed by atoms with Crippen LogP contribution >= 0.6 is 0 Å². The molecule has 2 amide bonds. The first-order valence-electron chi connectivity index (χ1n) is 13.1. The lowest BCUT2D eigenvalue weighted by Gasteiger charge is -2.33. The van der Waals surface area contributed by atoms with E-state index >= 15 is 0 Å². The van der Waals surface area contributed by atoms with Crippen LogP contribution in [0, 0.1) is 28.6 Å². The Morgan fingerprint density at radius 2 is 1.46 bits per heavy atom. The fourth-order valence-electron chi connectivity index (χ4n) is 4.93. The van der Waals surface area contributed by atoms with E-state index in [1.165, 1.54) is 7.05 Å². The molecule has 1 fully saturated rings. The molecule has 0 bridgehead atoms. The van der Waals surface area contributed by atoms with E-state index in [4.69, 9.17) is 5.26 Å². The fraction of sp³-hybridized carbons (Fsp3) is 0.355. The average Bonchev–Trinajstić information content (AvgIpc) is 3.64. The van der Waals surface area contributed by atoms with Crippen LogP contribution in [0.4, 0.5) is 0 Å². The van der Waals surface area contributed by atoms with Gasteiger partial charge in [-0.1, -0.05) is 57.2 Å². The minimum absolute atomic E-state index is 0.0936. The van der Waals surface area contributed by atoms with Crippen molar-refractivity contribution < 1.29 is 19.5 Å². The lowest BCUT2D eigenvalue weighted by molar-refractivity contribution is -0.148. The number of nitrogens with zero attached hydrogens (tertiary/aromatic N) is 2. The Bertz CT molecular complexity index is 1390. The van der Waals surface area contributed by atoms with Crippen LogP contribution in [0.2, 0.25) is 0 Å². The highest BCUT2D eigenvalue weighted by atomic mass is 16.4. The maximum atomic E-state index is 13.7. The van der Waals surface area contributed by atoms with E-state index in [0.717, 1.165) is 35.1 Å². The summed E-state index contributed by atoms with van der Waals surface area (Å²) in [5.41, 5.74) is 3.79. The molecule has 3 atom stereocenters. The van der Waals surface area contributed by atoms with Gasteiger partial charge in [0.15, 0.2) is 0 Å². The van der Waals surface area contributed by atoms with E-state index in [-0.39, 0.29) is 11.8 Å². The third-order valence-corrected chi connectivity index (χ3v) is 7.29. The zero-order valence-corrected chi connectivity index (χ0v) is 22.6. The number of nitriles is 1. The van der Waals surface area contributed by atoms with Crippen LogP contribution in [-0.4, -0.2) is 40.5 Å². The van der Waals surface area contributed by atoms with E-state index < -0.39 is 35.3 Å². The Hall–Kier alpha value is -4.38. The molecule has 3 aromatic rings. The van der Waals surface area contributed by atoms with E-state index in [9.17, 15) is 19.5 Å². The molecule has 0 aliphatic heterocycles. The molecule has 202 valence electrons. The van der Waals surface area contributed by atoms with Crippen molar-refractivity contribution in [3.63, 3.8) is 0 Å². The van der Waals surface area contributed by atoms with E-state index in [0.29, 0.717) is 5.56 Å². The quantitative estimate of drug-likeness (QED) is 0.375. The van der Waals surface area contributed by atoms with E-state index in [1.807, 2.05) is 63.2 Å². The fourth-order valence-corrected chi connectivity index (χ4v) is 4.93. The number of nitrogens with one attached hydrogen (secondary N) is 2. The molecule has 2 unspecified atom stereocenters. The van der Waals surface area contributed by atoms with Crippen LogP contribution < -0.4 is 10.6 Å². The largest absolute Gasteiger partial charge is 0.481 e. The summed E-state index contributed by atoms with van der Waals surface area (Å²) in [4.78, 5) is 38.7. The molecular weight excluding hydrogens is 492 g/mol. The van der Waals surface area contributed by atoms with Crippen molar-refractivity contribution in [2.75, 3.05) is 7.05 Å². The maximum absolute atomic E-state index is 13.7. The van der Waals surface area contributed by atoms with Gasteiger partial charge in [0.25, 0.3) is 0 Å². The third-order valence-electron chi connectivity index (χ3n) is 7.29. The number of hydrogen-bond donors (Lipinski definition) is 3. The number of aromatic nitrogens is 1. The van der Waals surface area contributed by atoms with Crippen LogP contribution in [0.5, 0.6) is 0 Å². The lowest BCUT2D eigenvalue weighted by atomic mass is 9.85. The molecule has 1 aliphatic carbocycles. The zero-order chi connectivity index (χ0) is 28.3. The summed E-state index contributed by atoms with van der Waals surface area (Å²) >= 11 is 0. The molecule has 3 N–H and O–H groups in total. The summed E-state index contributed by atoms with van der Waals surface area (Å²) < 4.78 is 1.67. The number of hydrogen-bond acceptors (Lipinski definition) is 4. The first kappa shape index (κ1) is 27.6. The number of aliphatic carboxylic acids is 1. The molecule has 1 saturated carbocycles. The number of carbonyl (C=O) groups is 3. The molecule has 1 aromatic heterocycles. The molecule has 2 aromatic carbocycles. The standard InChI is InChI=1S/C31H34N4O4/c1-31(2,3)27(29(37)33-4)34-28(36)26(25(30(38)39)23-13-14-23)35-16-15-24(18-35)22-11-9-21(10-12-22)20-7-5-19(17-32)6-8-20/h5-12,15-16,18,23,25-27H,13-14H2,1-4H3,(H,33,37)(H,34,36)(H,38,39)/t25?,26?,27-/m1/s1. The second-order valence-electron chi connectivity index (χ2n) is 11.2. The predicted molar refractivity (Wildman–Crippen MR) is 148 cm³/mol. The van der Waals surface area contributed by atoms with E-state index in [2.05, 4.69) is 16.7 Å². The summed E-state index contributed by atoms with van der Waals surface area (Å²) in [7, 11) is 1.51. The first-order valence-corrected chi connectivity index (χ1v) is 13.1. The molecule has 0 radical (unpaired) electrons. The number of rotatable bonds is 9. The van der Waals surface area contributed by atoms with Gasteiger partial charge in [-0.3, -0.25) is 14.4 Å². The number of carboxylic acids is 1. The molecule has 8 heteroatoms. The Morgan fingerprint density at radius 3 is 1.92 bits per heavy atom. The van der Waals surface area contributed by atoms with Crippen LogP contribution in [0.1, 0.15) is 45.2 Å². The van der Waals surface area contributed by atoms with Gasteiger partial charge in [0.1, 0.15) is 12.1 Å². The van der Waals surface area contributed by atoms with Crippen molar-refractivity contribution >= 4 is 17.8 Å². The highest BCUT2D eigenvalue weighted by Gasteiger charge is 2.46. The van der Waals surface area contributed by atoms with Gasteiger partial charge in [-0.2, -0.15) is 5.26 Å². The van der Waals surface area contributed by atoms with Crippen LogP contribution in [0.15, 0.2) is 67.0 Å². The predicted octanol–water partition coefficient (Wildman–Crippen LogP) is 4.62. The SMILES string of the molecule is CNC(=O)[C@@H](NC(=O)C(C(C(=O)O)C1CC1)n1ccc(-c2ccc(-c3ccc(C#N)cc3)cc2)c1)C(C)(C)C. The second-order valence-corrected chi connectivity index (χ2v) is 11.2. The molecular formula is C31H34N4O4. The molecule has 1 aliphatic rings. The van der Waals surface area contributed by atoms with E-state index in [1.54, 1.807) is 29.1 Å². The van der Waals surface area contributed by atoms with Gasteiger partial charge >= 0.3 is 5.97 Å². The van der Waals surface area contributed by atoms with Gasteiger partial charge in [0.05, 0.1) is 17.6 Å². The van der Waals surface area contributed by atoms with Crippen LogP contribution in [0.25, 0.3) is 22.3 Å². The molecule has 39 heavy (non-hydrogen) atoms. The Kier molecular flexibility index (Phi) is 7.91. The lowest BCUT2D eigenvalue weighted by Crippen LogP contribution is -2.55. The van der Waals surface area contributed by atoms with Crippen molar-refractivity contribution in [1.29, 1.82) is 5.26 Å². The highest BCUT2D eigenvalue weighted by molar-refractivity contribution is 5.92. The van der Waals surface area contributed by atoms with Crippen molar-refractivity contribution in [2.45, 2.75) is 45.7 Å². The summed E-state index contributed by atoms with van der Waals surface area (Å²) in [6.45, 7) is 5.56. The topological polar surface area (TPSA) is 124 Å². The average molecular weight is 527 g/mol. The van der Waals surface area contributed by atoms with Gasteiger partial charge in [-0.25, -0.2) is 0 Å². The van der Waals surface area contributed by atoms with Crippen molar-refractivity contribution in [3.8, 4) is 28.3 Å². The van der Waals surface area contributed by atoms with Gasteiger partial charge in [0.2, 0.25) is 11.8 Å². The van der Waals surface area contributed by atoms with Gasteiger partial charge in [-0.05, 0) is 64.6 Å². The smallest absolute Gasteiger partial charge is 0.309 e. The Balaban J connectivity index is 1.63. The third kappa shape index (κ3) is 6.20. The minimum Gasteiger partial charge on any atom is -0.481 e. The summed E-state index contributed by atoms with van der Waals surface area (Å²) in [5, 5.41) is 24.6. The zero-order valence-electron chi connectivity index (χ0n) is 22.6. The van der Waals surface area contributed by atoms with Crippen LogP contribution in [-0.2, 0) is 14.4 Å². The number of likely N-dealkylation sites (N-methyl/N-ethyl adjacent to an activating group) is 1.